The first-order valence-corrected chi connectivity index (χ1v) is 8.33. The Labute approximate surface area is 146 Å². The molecule has 0 radical (unpaired) electrons. The minimum absolute atomic E-state index is 0.285. The van der Waals surface area contributed by atoms with Crippen molar-refractivity contribution in [3.05, 3.63) is 35.9 Å². The quantitative estimate of drug-likeness (QED) is 0.839. The van der Waals surface area contributed by atoms with E-state index in [1.165, 1.54) is 32.8 Å². The summed E-state index contributed by atoms with van der Waals surface area (Å²) in [4.78, 5) is 12.4. The highest BCUT2D eigenvalue weighted by Crippen LogP contribution is 2.28. The van der Waals surface area contributed by atoms with E-state index in [0.29, 0.717) is 28.9 Å². The first kappa shape index (κ1) is 17.0. The average Bonchev–Trinajstić information content (AvgIpc) is 3.15. The standard InChI is InChI=1S/C18H22N4O3/c1-24-14-8-7-12(11-15(14)25-2)18(23)20-17-10-9-16(21-22-17)19-13-5-3-4-6-13/h7-11,13H,3-6H2,1-2H3,(H,19,21)(H,20,22,23). The van der Waals surface area contributed by atoms with E-state index in [0.717, 1.165) is 5.82 Å². The van der Waals surface area contributed by atoms with Gasteiger partial charge in [-0.05, 0) is 43.2 Å². The van der Waals surface area contributed by atoms with Gasteiger partial charge in [-0.1, -0.05) is 12.8 Å². The molecule has 0 atom stereocenters. The Morgan fingerprint density at radius 1 is 1.00 bits per heavy atom. The molecule has 0 unspecified atom stereocenters. The molecule has 0 aliphatic heterocycles. The molecule has 7 heteroatoms. The fourth-order valence-electron chi connectivity index (χ4n) is 2.92. The molecule has 0 spiro atoms. The largest absolute Gasteiger partial charge is 0.493 e. The van der Waals surface area contributed by atoms with Gasteiger partial charge in [0.15, 0.2) is 17.3 Å². The minimum atomic E-state index is -0.285. The predicted molar refractivity (Wildman–Crippen MR) is 95.4 cm³/mol. The number of amides is 1. The van der Waals surface area contributed by atoms with E-state index in [9.17, 15) is 4.79 Å². The van der Waals surface area contributed by atoms with Gasteiger partial charge in [0.05, 0.1) is 14.2 Å². The fraction of sp³-hybridized carbons (Fsp3) is 0.389. The van der Waals surface area contributed by atoms with Crippen molar-refractivity contribution in [2.75, 3.05) is 24.9 Å². The number of methoxy groups -OCH3 is 2. The maximum Gasteiger partial charge on any atom is 0.257 e. The Morgan fingerprint density at radius 3 is 2.32 bits per heavy atom. The zero-order valence-electron chi connectivity index (χ0n) is 14.4. The molecule has 2 N–H and O–H groups in total. The predicted octanol–water partition coefficient (Wildman–Crippen LogP) is 3.10. The van der Waals surface area contributed by atoms with E-state index in [2.05, 4.69) is 20.8 Å². The summed E-state index contributed by atoms with van der Waals surface area (Å²) in [5, 5.41) is 14.3. The van der Waals surface area contributed by atoms with Gasteiger partial charge in [-0.25, -0.2) is 0 Å². The van der Waals surface area contributed by atoms with E-state index in [4.69, 9.17) is 9.47 Å². The third kappa shape index (κ3) is 4.17. The molecule has 0 saturated heterocycles. The Hall–Kier alpha value is -2.83. The number of ether oxygens (including phenoxy) is 2. The molecule has 1 amide bonds. The lowest BCUT2D eigenvalue weighted by molar-refractivity contribution is 0.102. The molecule has 1 fully saturated rings. The van der Waals surface area contributed by atoms with Gasteiger partial charge in [0.25, 0.3) is 5.91 Å². The van der Waals surface area contributed by atoms with Gasteiger partial charge in [-0.2, -0.15) is 0 Å². The number of rotatable bonds is 6. The van der Waals surface area contributed by atoms with Crippen molar-refractivity contribution in [1.29, 1.82) is 0 Å². The molecule has 1 saturated carbocycles. The van der Waals surface area contributed by atoms with Gasteiger partial charge >= 0.3 is 0 Å². The second-order valence-electron chi connectivity index (χ2n) is 5.95. The summed E-state index contributed by atoms with van der Waals surface area (Å²) in [7, 11) is 3.08. The highest BCUT2D eigenvalue weighted by Gasteiger charge is 2.15. The van der Waals surface area contributed by atoms with Crippen LogP contribution >= 0.6 is 0 Å². The molecule has 25 heavy (non-hydrogen) atoms. The number of benzene rings is 1. The van der Waals surface area contributed by atoms with Crippen molar-refractivity contribution in [2.45, 2.75) is 31.7 Å². The maximum absolute atomic E-state index is 12.4. The normalized spacial score (nSPS) is 14.2. The van der Waals surface area contributed by atoms with E-state index < -0.39 is 0 Å². The first-order chi connectivity index (χ1) is 12.2. The van der Waals surface area contributed by atoms with E-state index in [-0.39, 0.29) is 5.91 Å². The minimum Gasteiger partial charge on any atom is -0.493 e. The van der Waals surface area contributed by atoms with Gasteiger partial charge in [0.1, 0.15) is 5.82 Å². The van der Waals surface area contributed by atoms with Crippen molar-refractivity contribution in [3.8, 4) is 11.5 Å². The van der Waals surface area contributed by atoms with Crippen LogP contribution in [0.15, 0.2) is 30.3 Å². The molecule has 0 bridgehead atoms. The van der Waals surface area contributed by atoms with Gasteiger partial charge in [-0.15, -0.1) is 10.2 Å². The molecule has 1 aromatic carbocycles. The highest BCUT2D eigenvalue weighted by atomic mass is 16.5. The van der Waals surface area contributed by atoms with Crippen LogP contribution in [-0.4, -0.2) is 36.4 Å². The summed E-state index contributed by atoms with van der Waals surface area (Å²) >= 11 is 0. The number of nitrogens with zero attached hydrogens (tertiary/aromatic N) is 2. The molecule has 1 aromatic heterocycles. The second-order valence-corrected chi connectivity index (χ2v) is 5.95. The molecule has 2 aromatic rings. The summed E-state index contributed by atoms with van der Waals surface area (Å²) in [6, 6.07) is 9.02. The zero-order chi connectivity index (χ0) is 17.6. The van der Waals surface area contributed by atoms with Crippen LogP contribution in [0.1, 0.15) is 36.0 Å². The molecule has 3 rings (SSSR count). The molecule has 132 valence electrons. The average molecular weight is 342 g/mol. The van der Waals surface area contributed by atoms with Crippen molar-refractivity contribution in [2.24, 2.45) is 0 Å². The highest BCUT2D eigenvalue weighted by molar-refractivity contribution is 6.04. The summed E-state index contributed by atoms with van der Waals surface area (Å²) in [6.07, 6.45) is 4.84. The number of hydrogen-bond acceptors (Lipinski definition) is 6. The molecule has 7 nitrogen and oxygen atoms in total. The lowest BCUT2D eigenvalue weighted by Crippen LogP contribution is -2.17. The SMILES string of the molecule is COc1ccc(C(=O)Nc2ccc(NC3CCCC3)nn2)cc1OC. The zero-order valence-corrected chi connectivity index (χ0v) is 14.4. The third-order valence-electron chi connectivity index (χ3n) is 4.26. The smallest absolute Gasteiger partial charge is 0.257 e. The lowest BCUT2D eigenvalue weighted by Gasteiger charge is -2.12. The summed E-state index contributed by atoms with van der Waals surface area (Å²) in [5.74, 6) is 1.91. The number of carbonyl (C=O) groups excluding carboxylic acids is 1. The van der Waals surface area contributed by atoms with E-state index in [1.807, 2.05) is 6.07 Å². The maximum atomic E-state index is 12.4. The molecule has 1 aliphatic carbocycles. The number of anilines is 2. The second kappa shape index (κ2) is 7.83. The van der Waals surface area contributed by atoms with Crippen LogP contribution in [0.5, 0.6) is 11.5 Å². The first-order valence-electron chi connectivity index (χ1n) is 8.33. The molecule has 1 aliphatic rings. The van der Waals surface area contributed by atoms with Crippen molar-refractivity contribution in [3.63, 3.8) is 0 Å². The lowest BCUT2D eigenvalue weighted by atomic mass is 10.2. The van der Waals surface area contributed by atoms with E-state index in [1.54, 1.807) is 31.4 Å². The Bertz CT molecular complexity index is 728. The third-order valence-corrected chi connectivity index (χ3v) is 4.26. The van der Waals surface area contributed by atoms with Crippen LogP contribution in [0.3, 0.4) is 0 Å². The van der Waals surface area contributed by atoms with Crippen LogP contribution in [-0.2, 0) is 0 Å². The molecule has 1 heterocycles. The molecular formula is C18H22N4O3. The van der Waals surface area contributed by atoms with E-state index >= 15 is 0 Å². The number of aromatic nitrogens is 2. The van der Waals surface area contributed by atoms with Gasteiger partial charge in [-0.3, -0.25) is 4.79 Å². The van der Waals surface area contributed by atoms with Crippen molar-refractivity contribution >= 4 is 17.5 Å². The Morgan fingerprint density at radius 2 is 1.68 bits per heavy atom. The fourth-order valence-corrected chi connectivity index (χ4v) is 2.92. The van der Waals surface area contributed by atoms with Crippen LogP contribution in [0.2, 0.25) is 0 Å². The summed E-state index contributed by atoms with van der Waals surface area (Å²) in [6.45, 7) is 0. The topological polar surface area (TPSA) is 85.4 Å². The van der Waals surface area contributed by atoms with Gasteiger partial charge in [0, 0.05) is 11.6 Å². The summed E-state index contributed by atoms with van der Waals surface area (Å²) < 4.78 is 10.4. The van der Waals surface area contributed by atoms with Gasteiger partial charge in [0.2, 0.25) is 0 Å². The number of carbonyl (C=O) groups is 1. The summed E-state index contributed by atoms with van der Waals surface area (Å²) in [5.41, 5.74) is 0.451. The number of nitrogens with one attached hydrogen (secondary N) is 2. The molecular weight excluding hydrogens is 320 g/mol. The van der Waals surface area contributed by atoms with Crippen LogP contribution in [0, 0.1) is 0 Å². The van der Waals surface area contributed by atoms with Crippen LogP contribution in [0.4, 0.5) is 11.6 Å². The Kier molecular flexibility index (Phi) is 5.33. The van der Waals surface area contributed by atoms with Crippen molar-refractivity contribution in [1.82, 2.24) is 10.2 Å². The van der Waals surface area contributed by atoms with Crippen molar-refractivity contribution < 1.29 is 14.3 Å². The van der Waals surface area contributed by atoms with Gasteiger partial charge < -0.3 is 20.1 Å². The monoisotopic (exact) mass is 342 g/mol. The Balaban J connectivity index is 1.64. The number of hydrogen-bond donors (Lipinski definition) is 2. The van der Waals surface area contributed by atoms with Crippen LogP contribution in [0.25, 0.3) is 0 Å². The van der Waals surface area contributed by atoms with Crippen LogP contribution < -0.4 is 20.1 Å².